The highest BCUT2D eigenvalue weighted by Crippen LogP contribution is 2.20. The first-order chi connectivity index (χ1) is 10.3. The molecule has 0 aliphatic carbocycles. The Morgan fingerprint density at radius 2 is 1.76 bits per heavy atom. The number of carbonyl (C=O) groups excluding carboxylic acids is 1. The Morgan fingerprint density at radius 1 is 1.05 bits per heavy atom. The summed E-state index contributed by atoms with van der Waals surface area (Å²) in [5.41, 5.74) is 3.19. The van der Waals surface area contributed by atoms with Crippen molar-refractivity contribution in [1.82, 2.24) is 9.88 Å². The maximum Gasteiger partial charge on any atom is 0.251 e. The summed E-state index contributed by atoms with van der Waals surface area (Å²) in [5, 5.41) is 4.23. The summed E-state index contributed by atoms with van der Waals surface area (Å²) in [6.45, 7) is 0.641. The van der Waals surface area contributed by atoms with E-state index in [-0.39, 0.29) is 5.91 Å². The molecule has 0 radical (unpaired) electrons. The summed E-state index contributed by atoms with van der Waals surface area (Å²) in [6, 6.07) is 17.6. The van der Waals surface area contributed by atoms with Crippen LogP contribution < -0.4 is 5.32 Å². The highest BCUT2D eigenvalue weighted by atomic mass is 16.1. The zero-order chi connectivity index (χ0) is 14.7. The van der Waals surface area contributed by atoms with Crippen molar-refractivity contribution in [3.05, 3.63) is 71.9 Å². The maximum absolute atomic E-state index is 12.0. The monoisotopic (exact) mass is 278 g/mol. The SMILES string of the molecule is Cn1cc(CCNC(=O)c2ccccc2)c2ccccc21. The van der Waals surface area contributed by atoms with Gasteiger partial charge in [0, 0.05) is 36.3 Å². The third-order valence-electron chi connectivity index (χ3n) is 3.70. The molecule has 3 heteroatoms. The summed E-state index contributed by atoms with van der Waals surface area (Å²) in [6.07, 6.45) is 2.97. The van der Waals surface area contributed by atoms with Gasteiger partial charge >= 0.3 is 0 Å². The molecule has 0 spiro atoms. The van der Waals surface area contributed by atoms with Crippen LogP contribution >= 0.6 is 0 Å². The minimum Gasteiger partial charge on any atom is -0.352 e. The van der Waals surface area contributed by atoms with Crippen LogP contribution in [0.4, 0.5) is 0 Å². The molecule has 1 N–H and O–H groups in total. The lowest BCUT2D eigenvalue weighted by atomic mass is 10.1. The van der Waals surface area contributed by atoms with E-state index in [1.807, 2.05) is 49.5 Å². The van der Waals surface area contributed by atoms with Gasteiger partial charge in [0.1, 0.15) is 0 Å². The van der Waals surface area contributed by atoms with Gasteiger partial charge in [0.2, 0.25) is 0 Å². The molecular weight excluding hydrogens is 260 g/mol. The average molecular weight is 278 g/mol. The average Bonchev–Trinajstić information content (AvgIpc) is 2.85. The highest BCUT2D eigenvalue weighted by Gasteiger charge is 2.07. The van der Waals surface area contributed by atoms with Crippen molar-refractivity contribution in [2.75, 3.05) is 6.54 Å². The van der Waals surface area contributed by atoms with Crippen LogP contribution in [0.5, 0.6) is 0 Å². The molecule has 0 unspecified atom stereocenters. The van der Waals surface area contributed by atoms with Crippen LogP contribution in [0.3, 0.4) is 0 Å². The number of hydrogen-bond acceptors (Lipinski definition) is 1. The molecule has 0 saturated carbocycles. The van der Waals surface area contributed by atoms with Gasteiger partial charge < -0.3 is 9.88 Å². The lowest BCUT2D eigenvalue weighted by Crippen LogP contribution is -2.25. The van der Waals surface area contributed by atoms with Crippen molar-refractivity contribution in [3.63, 3.8) is 0 Å². The molecule has 0 atom stereocenters. The number of amides is 1. The number of hydrogen-bond donors (Lipinski definition) is 1. The first kappa shape index (κ1) is 13.4. The van der Waals surface area contributed by atoms with E-state index < -0.39 is 0 Å². The van der Waals surface area contributed by atoms with E-state index in [2.05, 4.69) is 28.2 Å². The van der Waals surface area contributed by atoms with E-state index in [4.69, 9.17) is 0 Å². The number of aryl methyl sites for hydroxylation is 1. The number of nitrogens with zero attached hydrogens (tertiary/aromatic N) is 1. The standard InChI is InChI=1S/C18H18N2O/c1-20-13-15(16-9-5-6-10-17(16)20)11-12-19-18(21)14-7-3-2-4-8-14/h2-10,13H,11-12H2,1H3,(H,19,21). The van der Waals surface area contributed by atoms with E-state index in [1.165, 1.54) is 16.5 Å². The molecule has 1 heterocycles. The molecule has 0 bridgehead atoms. The second-order valence-electron chi connectivity index (χ2n) is 5.15. The van der Waals surface area contributed by atoms with Gasteiger partial charge in [-0.15, -0.1) is 0 Å². The molecule has 0 saturated heterocycles. The summed E-state index contributed by atoms with van der Waals surface area (Å²) in [7, 11) is 2.05. The minimum absolute atomic E-state index is 0.0177. The molecule has 0 aliphatic heterocycles. The van der Waals surface area contributed by atoms with E-state index in [9.17, 15) is 4.79 Å². The Hall–Kier alpha value is -2.55. The minimum atomic E-state index is -0.0177. The van der Waals surface area contributed by atoms with Gasteiger partial charge in [0.15, 0.2) is 0 Å². The molecule has 21 heavy (non-hydrogen) atoms. The number of para-hydroxylation sites is 1. The van der Waals surface area contributed by atoms with Crippen LogP contribution in [0.25, 0.3) is 10.9 Å². The van der Waals surface area contributed by atoms with E-state index in [1.54, 1.807) is 0 Å². The highest BCUT2D eigenvalue weighted by molar-refractivity contribution is 5.94. The molecule has 3 nitrogen and oxygen atoms in total. The van der Waals surface area contributed by atoms with Crippen molar-refractivity contribution in [2.24, 2.45) is 7.05 Å². The van der Waals surface area contributed by atoms with Crippen molar-refractivity contribution in [1.29, 1.82) is 0 Å². The van der Waals surface area contributed by atoms with Crippen LogP contribution in [-0.2, 0) is 13.5 Å². The third-order valence-corrected chi connectivity index (χ3v) is 3.70. The normalized spacial score (nSPS) is 10.7. The zero-order valence-corrected chi connectivity index (χ0v) is 12.0. The lowest BCUT2D eigenvalue weighted by molar-refractivity contribution is 0.0954. The van der Waals surface area contributed by atoms with Crippen molar-refractivity contribution < 1.29 is 4.79 Å². The summed E-state index contributed by atoms with van der Waals surface area (Å²) < 4.78 is 2.13. The number of rotatable bonds is 4. The first-order valence-corrected chi connectivity index (χ1v) is 7.12. The van der Waals surface area contributed by atoms with Crippen LogP contribution in [0, 0.1) is 0 Å². The number of fused-ring (bicyclic) bond motifs is 1. The largest absolute Gasteiger partial charge is 0.352 e. The second-order valence-corrected chi connectivity index (χ2v) is 5.15. The van der Waals surface area contributed by atoms with Crippen molar-refractivity contribution >= 4 is 16.8 Å². The lowest BCUT2D eigenvalue weighted by Gasteiger charge is -2.04. The fourth-order valence-corrected chi connectivity index (χ4v) is 2.63. The predicted molar refractivity (Wildman–Crippen MR) is 85.4 cm³/mol. The van der Waals surface area contributed by atoms with Crippen LogP contribution in [0.15, 0.2) is 60.8 Å². The van der Waals surface area contributed by atoms with Gasteiger partial charge in [-0.1, -0.05) is 36.4 Å². The Bertz CT molecular complexity index is 759. The van der Waals surface area contributed by atoms with Gasteiger partial charge in [0.25, 0.3) is 5.91 Å². The number of benzene rings is 2. The smallest absolute Gasteiger partial charge is 0.251 e. The van der Waals surface area contributed by atoms with Crippen molar-refractivity contribution in [2.45, 2.75) is 6.42 Å². The van der Waals surface area contributed by atoms with Gasteiger partial charge in [-0.2, -0.15) is 0 Å². The van der Waals surface area contributed by atoms with Gasteiger partial charge in [-0.05, 0) is 30.2 Å². The quantitative estimate of drug-likeness (QED) is 0.781. The first-order valence-electron chi connectivity index (χ1n) is 7.12. The van der Waals surface area contributed by atoms with Crippen LogP contribution in [0.2, 0.25) is 0 Å². The van der Waals surface area contributed by atoms with E-state index in [0.717, 1.165) is 6.42 Å². The number of aromatic nitrogens is 1. The molecule has 106 valence electrons. The Labute approximate surface area is 124 Å². The zero-order valence-electron chi connectivity index (χ0n) is 12.0. The number of carbonyl (C=O) groups is 1. The molecule has 1 aromatic heterocycles. The van der Waals surface area contributed by atoms with Crippen molar-refractivity contribution in [3.8, 4) is 0 Å². The fraction of sp³-hybridized carbons (Fsp3) is 0.167. The molecule has 3 rings (SSSR count). The summed E-state index contributed by atoms with van der Waals surface area (Å²) >= 11 is 0. The van der Waals surface area contributed by atoms with E-state index in [0.29, 0.717) is 12.1 Å². The van der Waals surface area contributed by atoms with Gasteiger partial charge in [0.05, 0.1) is 0 Å². The summed E-state index contributed by atoms with van der Waals surface area (Å²) in [5.74, 6) is -0.0177. The summed E-state index contributed by atoms with van der Waals surface area (Å²) in [4.78, 5) is 12.0. The van der Waals surface area contributed by atoms with Crippen LogP contribution in [0.1, 0.15) is 15.9 Å². The molecule has 2 aromatic carbocycles. The number of nitrogens with one attached hydrogen (secondary N) is 1. The Morgan fingerprint density at radius 3 is 2.57 bits per heavy atom. The molecular formula is C18H18N2O. The molecule has 0 aliphatic rings. The van der Waals surface area contributed by atoms with Gasteiger partial charge in [-0.25, -0.2) is 0 Å². The predicted octanol–water partition coefficient (Wildman–Crippen LogP) is 3.15. The molecule has 1 amide bonds. The topological polar surface area (TPSA) is 34.0 Å². The van der Waals surface area contributed by atoms with Crippen LogP contribution in [-0.4, -0.2) is 17.0 Å². The Kier molecular flexibility index (Phi) is 3.73. The fourth-order valence-electron chi connectivity index (χ4n) is 2.63. The van der Waals surface area contributed by atoms with Gasteiger partial charge in [-0.3, -0.25) is 4.79 Å². The maximum atomic E-state index is 12.0. The molecule has 0 fully saturated rings. The second kappa shape index (κ2) is 5.83. The third kappa shape index (κ3) is 2.82. The molecule has 3 aromatic rings. The van der Waals surface area contributed by atoms with E-state index >= 15 is 0 Å². The Balaban J connectivity index is 1.66.